The third kappa shape index (κ3) is 3.48. The van der Waals surface area contributed by atoms with Gasteiger partial charge in [-0.25, -0.2) is 0 Å². The molecule has 0 saturated heterocycles. The Morgan fingerprint density at radius 2 is 1.43 bits per heavy atom. The molecule has 2 amide bonds. The molecule has 0 saturated carbocycles. The van der Waals surface area contributed by atoms with Crippen LogP contribution in [0.15, 0.2) is 72.8 Å². The SMILES string of the molecule is O=C(Cc1cc2c(cc1[N+](=O)[O-])C(=O)N(Cc1ccccc1)C2=O)c1ccccc1. The Morgan fingerprint density at radius 1 is 0.867 bits per heavy atom. The Kier molecular flexibility index (Phi) is 4.93. The number of rotatable bonds is 6. The maximum absolute atomic E-state index is 12.9. The Labute approximate surface area is 171 Å². The molecule has 7 heteroatoms. The predicted molar refractivity (Wildman–Crippen MR) is 108 cm³/mol. The molecule has 4 rings (SSSR count). The Morgan fingerprint density at radius 3 is 2.03 bits per heavy atom. The summed E-state index contributed by atoms with van der Waals surface area (Å²) in [5.41, 5.74) is 1.01. The summed E-state index contributed by atoms with van der Waals surface area (Å²) in [5, 5.41) is 11.6. The number of amides is 2. The summed E-state index contributed by atoms with van der Waals surface area (Å²) >= 11 is 0. The fourth-order valence-electron chi connectivity index (χ4n) is 3.49. The third-order valence-corrected chi connectivity index (χ3v) is 5.00. The molecule has 0 radical (unpaired) electrons. The fraction of sp³-hybridized carbons (Fsp3) is 0.0870. The van der Waals surface area contributed by atoms with Crippen LogP contribution in [0.5, 0.6) is 0 Å². The third-order valence-electron chi connectivity index (χ3n) is 5.00. The molecule has 0 unspecified atom stereocenters. The molecule has 0 aromatic heterocycles. The van der Waals surface area contributed by atoms with E-state index in [0.29, 0.717) is 5.56 Å². The number of ketones is 1. The number of nitro benzene ring substituents is 1. The van der Waals surface area contributed by atoms with Crippen molar-refractivity contribution in [3.63, 3.8) is 0 Å². The van der Waals surface area contributed by atoms with Gasteiger partial charge in [-0.1, -0.05) is 60.7 Å². The van der Waals surface area contributed by atoms with Gasteiger partial charge < -0.3 is 0 Å². The molecular weight excluding hydrogens is 384 g/mol. The van der Waals surface area contributed by atoms with Gasteiger partial charge in [-0.2, -0.15) is 0 Å². The first kappa shape index (κ1) is 19.2. The molecular formula is C23H16N2O5. The molecule has 148 valence electrons. The van der Waals surface area contributed by atoms with Crippen LogP contribution < -0.4 is 0 Å². The van der Waals surface area contributed by atoms with Crippen LogP contribution in [0.1, 0.15) is 42.2 Å². The molecule has 0 fully saturated rings. The maximum atomic E-state index is 12.9. The van der Waals surface area contributed by atoms with Gasteiger partial charge in [-0.05, 0) is 11.6 Å². The fourth-order valence-corrected chi connectivity index (χ4v) is 3.49. The highest BCUT2D eigenvalue weighted by atomic mass is 16.6. The topological polar surface area (TPSA) is 97.6 Å². The maximum Gasteiger partial charge on any atom is 0.273 e. The van der Waals surface area contributed by atoms with Crippen LogP contribution in [-0.4, -0.2) is 27.4 Å². The van der Waals surface area contributed by atoms with Gasteiger partial charge in [0.05, 0.1) is 22.6 Å². The molecule has 1 aliphatic heterocycles. The quantitative estimate of drug-likeness (QED) is 0.271. The highest BCUT2D eigenvalue weighted by molar-refractivity contribution is 6.21. The number of nitro groups is 1. The van der Waals surface area contributed by atoms with E-state index in [4.69, 9.17) is 0 Å². The van der Waals surface area contributed by atoms with Crippen LogP contribution in [0, 0.1) is 10.1 Å². The summed E-state index contributed by atoms with van der Waals surface area (Å²) < 4.78 is 0. The molecule has 0 atom stereocenters. The lowest BCUT2D eigenvalue weighted by molar-refractivity contribution is -0.385. The van der Waals surface area contributed by atoms with Gasteiger partial charge in [0.25, 0.3) is 17.5 Å². The summed E-state index contributed by atoms with van der Waals surface area (Å²) in [6, 6.07) is 19.8. The van der Waals surface area contributed by atoms with Crippen molar-refractivity contribution in [1.29, 1.82) is 0 Å². The first-order valence-electron chi connectivity index (χ1n) is 9.25. The van der Waals surface area contributed by atoms with E-state index in [2.05, 4.69) is 0 Å². The van der Waals surface area contributed by atoms with Gasteiger partial charge in [0, 0.05) is 23.6 Å². The molecule has 30 heavy (non-hydrogen) atoms. The van der Waals surface area contributed by atoms with E-state index in [-0.39, 0.29) is 41.1 Å². The van der Waals surface area contributed by atoms with E-state index < -0.39 is 16.7 Å². The van der Waals surface area contributed by atoms with Crippen molar-refractivity contribution < 1.29 is 19.3 Å². The first-order valence-corrected chi connectivity index (χ1v) is 9.25. The van der Waals surface area contributed by atoms with Gasteiger partial charge in [-0.15, -0.1) is 0 Å². The standard InChI is InChI=1S/C23H16N2O5/c26-21(16-9-5-2-6-10-16)12-17-11-18-19(13-20(17)25(29)30)23(28)24(22(18)27)14-15-7-3-1-4-8-15/h1-11,13H,12,14H2. The lowest BCUT2D eigenvalue weighted by Crippen LogP contribution is -2.29. The van der Waals surface area contributed by atoms with E-state index in [1.807, 2.05) is 6.07 Å². The van der Waals surface area contributed by atoms with Crippen molar-refractivity contribution in [2.75, 3.05) is 0 Å². The molecule has 3 aromatic carbocycles. The van der Waals surface area contributed by atoms with Crippen LogP contribution >= 0.6 is 0 Å². The molecule has 1 heterocycles. The number of fused-ring (bicyclic) bond motifs is 1. The van der Waals surface area contributed by atoms with E-state index in [1.165, 1.54) is 6.07 Å². The van der Waals surface area contributed by atoms with Crippen LogP contribution in [0.3, 0.4) is 0 Å². The minimum absolute atomic E-state index is 0.0152. The van der Waals surface area contributed by atoms with Gasteiger partial charge in [0.1, 0.15) is 0 Å². The van der Waals surface area contributed by atoms with Crippen molar-refractivity contribution in [2.45, 2.75) is 13.0 Å². The Hall–Kier alpha value is -4.13. The number of imide groups is 1. The second-order valence-electron chi connectivity index (χ2n) is 6.93. The zero-order valence-electron chi connectivity index (χ0n) is 15.8. The Bertz CT molecular complexity index is 1170. The molecule has 0 N–H and O–H groups in total. The van der Waals surface area contributed by atoms with Crippen molar-refractivity contribution in [1.82, 2.24) is 4.90 Å². The first-order chi connectivity index (χ1) is 14.5. The minimum Gasteiger partial charge on any atom is -0.294 e. The largest absolute Gasteiger partial charge is 0.294 e. The van der Waals surface area contributed by atoms with Crippen LogP contribution in [0.25, 0.3) is 0 Å². The highest BCUT2D eigenvalue weighted by Crippen LogP contribution is 2.32. The normalized spacial score (nSPS) is 12.7. The van der Waals surface area contributed by atoms with Crippen molar-refractivity contribution in [3.05, 3.63) is 111 Å². The molecule has 0 bridgehead atoms. The summed E-state index contributed by atoms with van der Waals surface area (Å²) in [4.78, 5) is 50.2. The van der Waals surface area contributed by atoms with E-state index in [1.54, 1.807) is 54.6 Å². The number of hydrogen-bond donors (Lipinski definition) is 0. The van der Waals surface area contributed by atoms with Gasteiger partial charge in [0.2, 0.25) is 0 Å². The average Bonchev–Trinajstić information content (AvgIpc) is 2.98. The van der Waals surface area contributed by atoms with Crippen molar-refractivity contribution >= 4 is 23.3 Å². The van der Waals surface area contributed by atoms with E-state index in [0.717, 1.165) is 16.5 Å². The zero-order chi connectivity index (χ0) is 21.3. The molecule has 0 spiro atoms. The predicted octanol–water partition coefficient (Wildman–Crippen LogP) is 3.82. The van der Waals surface area contributed by atoms with Gasteiger partial charge in [0.15, 0.2) is 5.78 Å². The zero-order valence-corrected chi connectivity index (χ0v) is 15.8. The number of nitrogens with zero attached hydrogens (tertiary/aromatic N) is 2. The second kappa shape index (κ2) is 7.71. The Balaban J connectivity index is 1.69. The highest BCUT2D eigenvalue weighted by Gasteiger charge is 2.38. The number of hydrogen-bond acceptors (Lipinski definition) is 5. The average molecular weight is 400 g/mol. The van der Waals surface area contributed by atoms with Crippen LogP contribution in [0.4, 0.5) is 5.69 Å². The summed E-state index contributed by atoms with van der Waals surface area (Å²) in [5.74, 6) is -1.42. The second-order valence-corrected chi connectivity index (χ2v) is 6.93. The van der Waals surface area contributed by atoms with Crippen LogP contribution in [0.2, 0.25) is 0 Å². The van der Waals surface area contributed by atoms with E-state index in [9.17, 15) is 24.5 Å². The minimum atomic E-state index is -0.633. The molecule has 7 nitrogen and oxygen atoms in total. The number of benzene rings is 3. The molecule has 3 aromatic rings. The smallest absolute Gasteiger partial charge is 0.273 e. The number of Topliss-reactive ketones (excluding diaryl/α,β-unsaturated/α-hetero) is 1. The summed E-state index contributed by atoms with van der Waals surface area (Å²) in [7, 11) is 0. The molecule has 1 aliphatic rings. The lowest BCUT2D eigenvalue weighted by atomic mass is 9.97. The number of carbonyl (C=O) groups is 3. The van der Waals surface area contributed by atoms with Crippen molar-refractivity contribution in [3.8, 4) is 0 Å². The summed E-state index contributed by atoms with van der Waals surface area (Å²) in [6.45, 7) is 0.0687. The summed E-state index contributed by atoms with van der Waals surface area (Å²) in [6.07, 6.45) is -0.242. The van der Waals surface area contributed by atoms with E-state index >= 15 is 0 Å². The van der Waals surface area contributed by atoms with Gasteiger partial charge >= 0.3 is 0 Å². The van der Waals surface area contributed by atoms with Crippen molar-refractivity contribution in [2.24, 2.45) is 0 Å². The monoisotopic (exact) mass is 400 g/mol. The number of carbonyl (C=O) groups excluding carboxylic acids is 3. The lowest BCUT2D eigenvalue weighted by Gasteiger charge is -2.13. The molecule has 0 aliphatic carbocycles. The van der Waals surface area contributed by atoms with Crippen LogP contribution in [-0.2, 0) is 13.0 Å². The van der Waals surface area contributed by atoms with Gasteiger partial charge in [-0.3, -0.25) is 29.4 Å².